The standard InChI is InChI=1S/C18H29NO2/c1-3-18(2,19-12-14-21-15-13-19)17(20)11-7-10-16-8-5-4-6-9-16/h4-6,8-9,17,20H,3,7,10-15H2,1-2H3. The van der Waals surface area contributed by atoms with Crippen molar-refractivity contribution in [1.82, 2.24) is 4.90 Å². The van der Waals surface area contributed by atoms with Crippen LogP contribution in [0.4, 0.5) is 0 Å². The lowest BCUT2D eigenvalue weighted by molar-refractivity contribution is -0.0743. The van der Waals surface area contributed by atoms with Crippen LogP contribution in [0.15, 0.2) is 30.3 Å². The zero-order valence-electron chi connectivity index (χ0n) is 13.4. The van der Waals surface area contributed by atoms with Crippen molar-refractivity contribution < 1.29 is 9.84 Å². The maximum absolute atomic E-state index is 10.7. The molecule has 0 bridgehead atoms. The molecule has 3 heteroatoms. The maximum Gasteiger partial charge on any atom is 0.0721 e. The van der Waals surface area contributed by atoms with Gasteiger partial charge in [0.1, 0.15) is 0 Å². The van der Waals surface area contributed by atoms with Crippen molar-refractivity contribution in [3.63, 3.8) is 0 Å². The van der Waals surface area contributed by atoms with Crippen molar-refractivity contribution in [3.05, 3.63) is 35.9 Å². The Morgan fingerprint density at radius 3 is 2.52 bits per heavy atom. The molecular formula is C18H29NO2. The van der Waals surface area contributed by atoms with Gasteiger partial charge in [-0.15, -0.1) is 0 Å². The largest absolute Gasteiger partial charge is 0.391 e. The van der Waals surface area contributed by atoms with E-state index in [1.165, 1.54) is 5.56 Å². The van der Waals surface area contributed by atoms with Gasteiger partial charge in [0.15, 0.2) is 0 Å². The van der Waals surface area contributed by atoms with Gasteiger partial charge >= 0.3 is 0 Å². The molecule has 0 amide bonds. The van der Waals surface area contributed by atoms with Crippen molar-refractivity contribution >= 4 is 0 Å². The SMILES string of the molecule is CCC(C)(C(O)CCCc1ccccc1)N1CCOCC1. The van der Waals surface area contributed by atoms with Gasteiger partial charge in [0.05, 0.1) is 19.3 Å². The maximum atomic E-state index is 10.7. The first-order valence-electron chi connectivity index (χ1n) is 8.21. The number of ether oxygens (including phenoxy) is 1. The Hall–Kier alpha value is -0.900. The molecule has 1 aromatic rings. The molecule has 2 atom stereocenters. The number of morpholine rings is 1. The number of benzene rings is 1. The van der Waals surface area contributed by atoms with Crippen LogP contribution in [0.1, 0.15) is 38.7 Å². The lowest BCUT2D eigenvalue weighted by Gasteiger charge is -2.46. The first kappa shape index (κ1) is 16.5. The highest BCUT2D eigenvalue weighted by Crippen LogP contribution is 2.27. The van der Waals surface area contributed by atoms with E-state index >= 15 is 0 Å². The van der Waals surface area contributed by atoms with E-state index in [2.05, 4.69) is 43.0 Å². The molecule has 0 radical (unpaired) electrons. The van der Waals surface area contributed by atoms with Crippen molar-refractivity contribution in [1.29, 1.82) is 0 Å². The topological polar surface area (TPSA) is 32.7 Å². The molecule has 0 aliphatic carbocycles. The highest BCUT2D eigenvalue weighted by molar-refractivity contribution is 5.14. The van der Waals surface area contributed by atoms with E-state index in [4.69, 9.17) is 4.74 Å². The summed E-state index contributed by atoms with van der Waals surface area (Å²) < 4.78 is 5.43. The third-order valence-corrected chi connectivity index (χ3v) is 4.95. The van der Waals surface area contributed by atoms with Crippen LogP contribution in [0.25, 0.3) is 0 Å². The van der Waals surface area contributed by atoms with E-state index < -0.39 is 0 Å². The predicted molar refractivity (Wildman–Crippen MR) is 86.5 cm³/mol. The lowest BCUT2D eigenvalue weighted by atomic mass is 9.85. The van der Waals surface area contributed by atoms with E-state index in [0.717, 1.165) is 52.0 Å². The Bertz CT molecular complexity index is 403. The van der Waals surface area contributed by atoms with Gasteiger partial charge in [-0.05, 0) is 38.2 Å². The van der Waals surface area contributed by atoms with Crippen LogP contribution in [0, 0.1) is 0 Å². The summed E-state index contributed by atoms with van der Waals surface area (Å²) in [6, 6.07) is 10.5. The molecule has 0 spiro atoms. The summed E-state index contributed by atoms with van der Waals surface area (Å²) in [6.07, 6.45) is 3.63. The fourth-order valence-corrected chi connectivity index (χ4v) is 3.20. The van der Waals surface area contributed by atoms with Crippen molar-refractivity contribution in [2.45, 2.75) is 51.2 Å². The van der Waals surface area contributed by atoms with E-state index in [-0.39, 0.29) is 11.6 Å². The minimum Gasteiger partial charge on any atom is -0.391 e. The molecule has 118 valence electrons. The first-order valence-corrected chi connectivity index (χ1v) is 8.21. The summed E-state index contributed by atoms with van der Waals surface area (Å²) in [5.74, 6) is 0. The van der Waals surface area contributed by atoms with Crippen molar-refractivity contribution in [3.8, 4) is 0 Å². The van der Waals surface area contributed by atoms with Gasteiger partial charge < -0.3 is 9.84 Å². The minimum atomic E-state index is -0.274. The van der Waals surface area contributed by atoms with E-state index in [0.29, 0.717) is 0 Å². The van der Waals surface area contributed by atoms with E-state index in [1.807, 2.05) is 6.07 Å². The van der Waals surface area contributed by atoms with Gasteiger partial charge in [-0.2, -0.15) is 0 Å². The second-order valence-corrected chi connectivity index (χ2v) is 6.20. The molecular weight excluding hydrogens is 262 g/mol. The molecule has 1 saturated heterocycles. The summed E-state index contributed by atoms with van der Waals surface area (Å²) in [7, 11) is 0. The average Bonchev–Trinajstić information content (AvgIpc) is 2.55. The average molecular weight is 291 g/mol. The van der Waals surface area contributed by atoms with Gasteiger partial charge in [-0.3, -0.25) is 4.90 Å². The predicted octanol–water partition coefficient (Wildman–Crippen LogP) is 2.87. The van der Waals surface area contributed by atoms with Crippen LogP contribution in [-0.2, 0) is 11.2 Å². The Labute approximate surface area is 128 Å². The third kappa shape index (κ3) is 4.29. The van der Waals surface area contributed by atoms with Gasteiger partial charge in [0.2, 0.25) is 0 Å². The molecule has 1 heterocycles. The third-order valence-electron chi connectivity index (χ3n) is 4.95. The molecule has 0 aromatic heterocycles. The van der Waals surface area contributed by atoms with E-state index in [9.17, 15) is 5.11 Å². The Balaban J connectivity index is 1.85. The van der Waals surface area contributed by atoms with Gasteiger partial charge in [-0.25, -0.2) is 0 Å². The smallest absolute Gasteiger partial charge is 0.0721 e. The second-order valence-electron chi connectivity index (χ2n) is 6.20. The molecule has 1 aliphatic heterocycles. The highest BCUT2D eigenvalue weighted by atomic mass is 16.5. The number of hydrogen-bond acceptors (Lipinski definition) is 3. The molecule has 1 fully saturated rings. The van der Waals surface area contributed by atoms with E-state index in [1.54, 1.807) is 0 Å². The summed E-state index contributed by atoms with van der Waals surface area (Å²) >= 11 is 0. The monoisotopic (exact) mass is 291 g/mol. The number of rotatable bonds is 7. The van der Waals surface area contributed by atoms with Crippen LogP contribution in [0.2, 0.25) is 0 Å². The fraction of sp³-hybridized carbons (Fsp3) is 0.667. The molecule has 3 nitrogen and oxygen atoms in total. The Kier molecular flexibility index (Phi) is 6.22. The lowest BCUT2D eigenvalue weighted by Crippen LogP contribution is -2.57. The molecule has 1 N–H and O–H groups in total. The van der Waals surface area contributed by atoms with Gasteiger partial charge in [0.25, 0.3) is 0 Å². The summed E-state index contributed by atoms with van der Waals surface area (Å²) in [5, 5.41) is 10.7. The number of aliphatic hydroxyl groups excluding tert-OH is 1. The number of aliphatic hydroxyl groups is 1. The van der Waals surface area contributed by atoms with Gasteiger partial charge in [-0.1, -0.05) is 37.3 Å². The zero-order valence-corrected chi connectivity index (χ0v) is 13.4. The summed E-state index contributed by atoms with van der Waals surface area (Å²) in [6.45, 7) is 7.81. The quantitative estimate of drug-likeness (QED) is 0.838. The van der Waals surface area contributed by atoms with Crippen LogP contribution in [-0.4, -0.2) is 48.0 Å². The number of aryl methyl sites for hydroxylation is 1. The molecule has 0 saturated carbocycles. The number of hydrogen-bond donors (Lipinski definition) is 1. The van der Waals surface area contributed by atoms with Crippen LogP contribution in [0.5, 0.6) is 0 Å². The zero-order chi connectivity index (χ0) is 15.1. The first-order chi connectivity index (χ1) is 10.2. The van der Waals surface area contributed by atoms with Crippen molar-refractivity contribution in [2.24, 2.45) is 0 Å². The summed E-state index contributed by atoms with van der Waals surface area (Å²) in [5.41, 5.74) is 1.23. The Morgan fingerprint density at radius 2 is 1.90 bits per heavy atom. The second kappa shape index (κ2) is 7.92. The normalized spacial score (nSPS) is 20.9. The van der Waals surface area contributed by atoms with Crippen LogP contribution in [0.3, 0.4) is 0 Å². The molecule has 1 aliphatic rings. The summed E-state index contributed by atoms with van der Waals surface area (Å²) in [4.78, 5) is 2.41. The molecule has 21 heavy (non-hydrogen) atoms. The Morgan fingerprint density at radius 1 is 1.24 bits per heavy atom. The fourth-order valence-electron chi connectivity index (χ4n) is 3.20. The highest BCUT2D eigenvalue weighted by Gasteiger charge is 2.37. The van der Waals surface area contributed by atoms with Crippen molar-refractivity contribution in [2.75, 3.05) is 26.3 Å². The molecule has 1 aromatic carbocycles. The number of nitrogens with zero attached hydrogens (tertiary/aromatic N) is 1. The van der Waals surface area contributed by atoms with Crippen LogP contribution < -0.4 is 0 Å². The molecule has 2 rings (SSSR count). The van der Waals surface area contributed by atoms with Crippen LogP contribution >= 0.6 is 0 Å². The van der Waals surface area contributed by atoms with Gasteiger partial charge in [0, 0.05) is 18.6 Å². The minimum absolute atomic E-state index is 0.125. The molecule has 2 unspecified atom stereocenters.